The molecule has 1 N–H and O–H groups in total. The largest absolute Gasteiger partial charge is 0.493 e. The maximum absolute atomic E-state index is 14.3. The number of oxazole rings is 1. The minimum absolute atomic E-state index is 0.238. The van der Waals surface area contributed by atoms with Crippen molar-refractivity contribution in [2.75, 3.05) is 6.61 Å². The Morgan fingerprint density at radius 1 is 1.31 bits per heavy atom. The predicted octanol–water partition coefficient (Wildman–Crippen LogP) is 4.49. The molecule has 1 atom stereocenters. The van der Waals surface area contributed by atoms with Crippen molar-refractivity contribution in [3.05, 3.63) is 72.2 Å². The minimum atomic E-state index is -1.02. The Labute approximate surface area is 150 Å². The fraction of sp³-hybridized carbons (Fsp3) is 0.200. The monoisotopic (exact) mass is 355 g/mol. The third-order valence-corrected chi connectivity index (χ3v) is 3.95. The molecule has 3 rings (SSSR count). The van der Waals surface area contributed by atoms with Gasteiger partial charge in [-0.1, -0.05) is 18.2 Å². The average molecular weight is 355 g/mol. The van der Waals surface area contributed by atoms with E-state index < -0.39 is 17.7 Å². The van der Waals surface area contributed by atoms with Crippen LogP contribution >= 0.6 is 0 Å². The molecule has 1 unspecified atom stereocenters. The Bertz CT molecular complexity index is 893. The molecule has 3 aromatic rings. The number of aliphatic carboxylic acids is 1. The van der Waals surface area contributed by atoms with Crippen molar-refractivity contribution < 1.29 is 23.4 Å². The van der Waals surface area contributed by atoms with Crippen LogP contribution in [0.3, 0.4) is 0 Å². The van der Waals surface area contributed by atoms with Crippen molar-refractivity contribution in [1.82, 2.24) is 4.98 Å². The van der Waals surface area contributed by atoms with E-state index in [9.17, 15) is 14.3 Å². The first kappa shape index (κ1) is 17.7. The SMILES string of the molecule is CCOc1ccccc1-c1cc(F)cc(C(CC(=O)O)c2ncco2)c1. The summed E-state index contributed by atoms with van der Waals surface area (Å²) in [4.78, 5) is 15.3. The molecule has 0 fully saturated rings. The number of carboxylic acid groups (broad SMARTS) is 1. The van der Waals surface area contributed by atoms with E-state index in [4.69, 9.17) is 9.15 Å². The van der Waals surface area contributed by atoms with Gasteiger partial charge in [0.1, 0.15) is 17.8 Å². The molecule has 0 saturated heterocycles. The highest BCUT2D eigenvalue weighted by Crippen LogP contribution is 2.35. The maximum Gasteiger partial charge on any atom is 0.304 e. The van der Waals surface area contributed by atoms with E-state index in [-0.39, 0.29) is 12.3 Å². The average Bonchev–Trinajstić information content (AvgIpc) is 3.14. The number of halogens is 1. The van der Waals surface area contributed by atoms with Crippen molar-refractivity contribution in [2.45, 2.75) is 19.3 Å². The highest BCUT2D eigenvalue weighted by Gasteiger charge is 2.23. The summed E-state index contributed by atoms with van der Waals surface area (Å²) < 4.78 is 25.2. The van der Waals surface area contributed by atoms with Crippen LogP contribution in [0.15, 0.2) is 59.3 Å². The summed E-state index contributed by atoms with van der Waals surface area (Å²) in [6.45, 7) is 2.36. The molecule has 2 aromatic carbocycles. The lowest BCUT2D eigenvalue weighted by Gasteiger charge is -2.15. The number of aromatic nitrogens is 1. The summed E-state index contributed by atoms with van der Waals surface area (Å²) in [5, 5.41) is 9.23. The number of benzene rings is 2. The second kappa shape index (κ2) is 7.82. The van der Waals surface area contributed by atoms with Crippen molar-refractivity contribution in [2.24, 2.45) is 0 Å². The Balaban J connectivity index is 2.08. The molecule has 0 saturated carbocycles. The summed E-state index contributed by atoms with van der Waals surface area (Å²) in [5.41, 5.74) is 1.82. The van der Waals surface area contributed by atoms with Crippen LogP contribution in [0.2, 0.25) is 0 Å². The first-order chi connectivity index (χ1) is 12.6. The Morgan fingerprint density at radius 3 is 2.81 bits per heavy atom. The van der Waals surface area contributed by atoms with Gasteiger partial charge in [0.25, 0.3) is 0 Å². The zero-order valence-electron chi connectivity index (χ0n) is 14.2. The first-order valence-electron chi connectivity index (χ1n) is 8.22. The minimum Gasteiger partial charge on any atom is -0.493 e. The zero-order valence-corrected chi connectivity index (χ0v) is 14.2. The number of para-hydroxylation sites is 1. The number of carbonyl (C=O) groups is 1. The lowest BCUT2D eigenvalue weighted by atomic mass is 9.92. The van der Waals surface area contributed by atoms with Crippen LogP contribution in [0, 0.1) is 5.82 Å². The molecule has 0 bridgehead atoms. The van der Waals surface area contributed by atoms with Crippen molar-refractivity contribution in [3.8, 4) is 16.9 Å². The van der Waals surface area contributed by atoms with Crippen LogP contribution in [0.4, 0.5) is 4.39 Å². The number of hydrogen-bond donors (Lipinski definition) is 1. The van der Waals surface area contributed by atoms with E-state index in [0.717, 1.165) is 5.56 Å². The van der Waals surface area contributed by atoms with E-state index in [1.807, 2.05) is 31.2 Å². The van der Waals surface area contributed by atoms with Gasteiger partial charge < -0.3 is 14.3 Å². The molecule has 0 aliphatic carbocycles. The van der Waals surface area contributed by atoms with Crippen LogP contribution in [-0.2, 0) is 4.79 Å². The molecule has 6 heteroatoms. The molecule has 0 aliphatic rings. The Kier molecular flexibility index (Phi) is 5.31. The summed E-state index contributed by atoms with van der Waals surface area (Å²) in [6.07, 6.45) is 2.56. The van der Waals surface area contributed by atoms with E-state index in [1.54, 1.807) is 6.07 Å². The van der Waals surface area contributed by atoms with E-state index >= 15 is 0 Å². The van der Waals surface area contributed by atoms with E-state index in [0.29, 0.717) is 23.5 Å². The van der Waals surface area contributed by atoms with Gasteiger partial charge in [-0.15, -0.1) is 0 Å². The number of carboxylic acids is 1. The lowest BCUT2D eigenvalue weighted by molar-refractivity contribution is -0.137. The van der Waals surface area contributed by atoms with Gasteiger partial charge in [0.2, 0.25) is 5.89 Å². The van der Waals surface area contributed by atoms with Gasteiger partial charge in [-0.25, -0.2) is 9.37 Å². The summed E-state index contributed by atoms with van der Waals surface area (Å²) in [5.74, 6) is -1.30. The van der Waals surface area contributed by atoms with Gasteiger partial charge in [0, 0.05) is 5.56 Å². The fourth-order valence-electron chi connectivity index (χ4n) is 2.88. The Morgan fingerprint density at radius 2 is 2.12 bits per heavy atom. The molecule has 26 heavy (non-hydrogen) atoms. The Hall–Kier alpha value is -3.15. The normalized spacial score (nSPS) is 11.9. The molecule has 0 aliphatic heterocycles. The summed E-state index contributed by atoms with van der Waals surface area (Å²) >= 11 is 0. The highest BCUT2D eigenvalue weighted by molar-refractivity contribution is 5.72. The third kappa shape index (κ3) is 3.91. The second-order valence-corrected chi connectivity index (χ2v) is 5.72. The van der Waals surface area contributed by atoms with Gasteiger partial charge in [0.15, 0.2) is 0 Å². The predicted molar refractivity (Wildman–Crippen MR) is 93.6 cm³/mol. The second-order valence-electron chi connectivity index (χ2n) is 5.72. The number of rotatable bonds is 7. The van der Waals surface area contributed by atoms with Crippen LogP contribution < -0.4 is 4.74 Å². The van der Waals surface area contributed by atoms with Gasteiger partial charge in [-0.2, -0.15) is 0 Å². The highest BCUT2D eigenvalue weighted by atomic mass is 19.1. The van der Waals surface area contributed by atoms with Crippen molar-refractivity contribution in [3.63, 3.8) is 0 Å². The maximum atomic E-state index is 14.3. The number of nitrogens with zero attached hydrogens (tertiary/aromatic N) is 1. The molecule has 0 amide bonds. The smallest absolute Gasteiger partial charge is 0.304 e. The molecule has 134 valence electrons. The first-order valence-corrected chi connectivity index (χ1v) is 8.22. The fourth-order valence-corrected chi connectivity index (χ4v) is 2.88. The zero-order chi connectivity index (χ0) is 18.5. The van der Waals surface area contributed by atoms with Crippen LogP contribution in [0.5, 0.6) is 5.75 Å². The van der Waals surface area contributed by atoms with E-state index in [1.165, 1.54) is 24.6 Å². The standard InChI is InChI=1S/C20H18FNO4/c1-2-25-18-6-4-3-5-16(18)13-9-14(11-15(21)10-13)17(12-19(23)24)20-22-7-8-26-20/h3-11,17H,2,12H2,1H3,(H,23,24). The van der Waals surface area contributed by atoms with Gasteiger partial charge in [-0.05, 0) is 42.3 Å². The molecule has 0 radical (unpaired) electrons. The van der Waals surface area contributed by atoms with Crippen LogP contribution in [-0.4, -0.2) is 22.7 Å². The van der Waals surface area contributed by atoms with Crippen molar-refractivity contribution >= 4 is 5.97 Å². The topological polar surface area (TPSA) is 72.6 Å². The molecular weight excluding hydrogens is 337 g/mol. The molecule has 5 nitrogen and oxygen atoms in total. The molecular formula is C20H18FNO4. The van der Waals surface area contributed by atoms with Gasteiger partial charge in [0.05, 0.1) is 25.1 Å². The third-order valence-electron chi connectivity index (χ3n) is 3.95. The molecule has 0 spiro atoms. The van der Waals surface area contributed by atoms with E-state index in [2.05, 4.69) is 4.98 Å². The molecule has 1 heterocycles. The molecule has 1 aromatic heterocycles. The number of ether oxygens (including phenoxy) is 1. The number of hydrogen-bond acceptors (Lipinski definition) is 4. The van der Waals surface area contributed by atoms with Gasteiger partial charge >= 0.3 is 5.97 Å². The quantitative estimate of drug-likeness (QED) is 0.676. The summed E-state index contributed by atoms with van der Waals surface area (Å²) in [7, 11) is 0. The lowest BCUT2D eigenvalue weighted by Crippen LogP contribution is -2.09. The van der Waals surface area contributed by atoms with Gasteiger partial charge in [-0.3, -0.25) is 4.79 Å². The summed E-state index contributed by atoms with van der Waals surface area (Å²) in [6, 6.07) is 11.8. The van der Waals surface area contributed by atoms with Crippen LogP contribution in [0.1, 0.15) is 30.7 Å². The van der Waals surface area contributed by atoms with Crippen molar-refractivity contribution in [1.29, 1.82) is 0 Å². The van der Waals surface area contributed by atoms with Crippen LogP contribution in [0.25, 0.3) is 11.1 Å².